The van der Waals surface area contributed by atoms with Gasteiger partial charge in [0.2, 0.25) is 12.1 Å². The summed E-state index contributed by atoms with van der Waals surface area (Å²) in [5, 5.41) is 11.1. The van der Waals surface area contributed by atoms with Gasteiger partial charge in [-0.3, -0.25) is 4.57 Å². The molecule has 9 heteroatoms. The van der Waals surface area contributed by atoms with Crippen molar-refractivity contribution in [2.24, 2.45) is 12.0 Å². The molecule has 0 amide bonds. The van der Waals surface area contributed by atoms with Crippen molar-refractivity contribution in [1.82, 2.24) is 14.5 Å². The Hall–Kier alpha value is -2.00. The SMILES string of the molecule is CCOCCCC/C(=N/c1c([N+](=O)[O-])ncn1C)N1CCOCC1. The number of aliphatic imine (C=N–C) groups is 1. The highest BCUT2D eigenvalue weighted by Gasteiger charge is 2.22. The van der Waals surface area contributed by atoms with E-state index in [1.165, 1.54) is 6.33 Å². The molecule has 1 aliphatic heterocycles. The molecule has 2 rings (SSSR count). The molecule has 9 nitrogen and oxygen atoms in total. The summed E-state index contributed by atoms with van der Waals surface area (Å²) in [6.07, 6.45) is 4.02. The Morgan fingerprint density at radius 3 is 2.88 bits per heavy atom. The highest BCUT2D eigenvalue weighted by atomic mass is 16.6. The van der Waals surface area contributed by atoms with Crippen LogP contribution in [0.25, 0.3) is 0 Å². The number of aryl methyl sites for hydroxylation is 1. The number of hydrogen-bond acceptors (Lipinski definition) is 6. The van der Waals surface area contributed by atoms with Gasteiger partial charge in [-0.25, -0.2) is 4.99 Å². The third-order valence-corrected chi connectivity index (χ3v) is 3.81. The van der Waals surface area contributed by atoms with Gasteiger partial charge in [0.05, 0.1) is 13.2 Å². The molecule has 1 fully saturated rings. The normalized spacial score (nSPS) is 15.8. The van der Waals surface area contributed by atoms with Crippen LogP contribution in [0.3, 0.4) is 0 Å². The van der Waals surface area contributed by atoms with Crippen LogP contribution in [0.5, 0.6) is 0 Å². The van der Waals surface area contributed by atoms with Gasteiger partial charge in [0, 0.05) is 39.8 Å². The molecule has 1 aromatic rings. The third-order valence-electron chi connectivity index (χ3n) is 3.81. The van der Waals surface area contributed by atoms with Crippen LogP contribution in [0.4, 0.5) is 11.6 Å². The lowest BCUT2D eigenvalue weighted by Gasteiger charge is -2.30. The van der Waals surface area contributed by atoms with Gasteiger partial charge in [-0.1, -0.05) is 0 Å². The molecule has 0 unspecified atom stereocenters. The maximum Gasteiger partial charge on any atom is 0.408 e. The van der Waals surface area contributed by atoms with Crippen molar-refractivity contribution in [3.8, 4) is 0 Å². The van der Waals surface area contributed by atoms with Crippen molar-refractivity contribution >= 4 is 17.5 Å². The molecule has 0 bridgehead atoms. The average molecular weight is 339 g/mol. The van der Waals surface area contributed by atoms with Gasteiger partial charge in [0.15, 0.2) is 0 Å². The Kier molecular flexibility index (Phi) is 7.13. The summed E-state index contributed by atoms with van der Waals surface area (Å²) in [4.78, 5) is 21.2. The lowest BCUT2D eigenvalue weighted by Crippen LogP contribution is -2.40. The molecule has 134 valence electrons. The van der Waals surface area contributed by atoms with Crippen LogP contribution < -0.4 is 0 Å². The Balaban J connectivity index is 2.14. The third kappa shape index (κ3) is 5.00. The first-order valence-electron chi connectivity index (χ1n) is 8.27. The predicted molar refractivity (Wildman–Crippen MR) is 89.7 cm³/mol. The molecule has 24 heavy (non-hydrogen) atoms. The van der Waals surface area contributed by atoms with E-state index in [1.54, 1.807) is 11.6 Å². The Bertz CT molecular complexity index is 566. The second-order valence-corrected chi connectivity index (χ2v) is 5.54. The molecule has 1 aliphatic rings. The van der Waals surface area contributed by atoms with E-state index in [0.717, 1.165) is 44.8 Å². The Morgan fingerprint density at radius 1 is 1.46 bits per heavy atom. The second kappa shape index (κ2) is 9.33. The zero-order chi connectivity index (χ0) is 17.4. The van der Waals surface area contributed by atoms with Gasteiger partial charge >= 0.3 is 5.82 Å². The number of hydrogen-bond donors (Lipinski definition) is 0. The average Bonchev–Trinajstić information content (AvgIpc) is 2.95. The van der Waals surface area contributed by atoms with E-state index < -0.39 is 4.92 Å². The first kappa shape index (κ1) is 18.3. The van der Waals surface area contributed by atoms with Crippen LogP contribution in [0.15, 0.2) is 11.3 Å². The van der Waals surface area contributed by atoms with Gasteiger partial charge in [-0.15, -0.1) is 0 Å². The van der Waals surface area contributed by atoms with Crippen molar-refractivity contribution in [3.63, 3.8) is 0 Å². The van der Waals surface area contributed by atoms with Crippen molar-refractivity contribution < 1.29 is 14.4 Å². The Labute approximate surface area is 141 Å². The summed E-state index contributed by atoms with van der Waals surface area (Å²) in [5.74, 6) is 0.922. The van der Waals surface area contributed by atoms with Crippen LogP contribution in [-0.2, 0) is 16.5 Å². The molecule has 0 saturated carbocycles. The second-order valence-electron chi connectivity index (χ2n) is 5.54. The van der Waals surface area contributed by atoms with Gasteiger partial charge in [0.25, 0.3) is 0 Å². The zero-order valence-corrected chi connectivity index (χ0v) is 14.3. The molecule has 0 N–H and O–H groups in total. The van der Waals surface area contributed by atoms with E-state index in [0.29, 0.717) is 19.8 Å². The first-order chi connectivity index (χ1) is 11.6. The molecule has 1 aromatic heterocycles. The number of ether oxygens (including phenoxy) is 2. The molecule has 2 heterocycles. The highest BCUT2D eigenvalue weighted by Crippen LogP contribution is 2.25. The van der Waals surface area contributed by atoms with E-state index >= 15 is 0 Å². The minimum Gasteiger partial charge on any atom is -0.382 e. The zero-order valence-electron chi connectivity index (χ0n) is 14.3. The lowest BCUT2D eigenvalue weighted by molar-refractivity contribution is -0.388. The molecule has 0 spiro atoms. The maximum atomic E-state index is 11.1. The van der Waals surface area contributed by atoms with Crippen LogP contribution in [0, 0.1) is 10.1 Å². The van der Waals surface area contributed by atoms with Crippen molar-refractivity contribution in [2.75, 3.05) is 39.5 Å². The molecule has 0 atom stereocenters. The number of nitrogens with zero attached hydrogens (tertiary/aromatic N) is 5. The largest absolute Gasteiger partial charge is 0.408 e. The topological polar surface area (TPSA) is 95.0 Å². The minimum atomic E-state index is -0.495. The van der Waals surface area contributed by atoms with Crippen molar-refractivity contribution in [2.45, 2.75) is 26.2 Å². The molecule has 0 aliphatic carbocycles. The molecular weight excluding hydrogens is 314 g/mol. The fourth-order valence-electron chi connectivity index (χ4n) is 2.53. The highest BCUT2D eigenvalue weighted by molar-refractivity contribution is 5.85. The van der Waals surface area contributed by atoms with Gasteiger partial charge in [-0.05, 0) is 29.7 Å². The standard InChI is InChI=1S/C15H25N5O4/c1-3-23-9-5-4-6-13(19-7-10-24-11-8-19)17-15-14(20(21)22)16-12-18(15)2/h12H,3-11H2,1-2H3/b17-13-. The number of unbranched alkanes of at least 4 members (excludes halogenated alkanes) is 1. The van der Waals surface area contributed by atoms with Crippen LogP contribution >= 0.6 is 0 Å². The summed E-state index contributed by atoms with van der Waals surface area (Å²) in [5.41, 5.74) is 0. The fraction of sp³-hybridized carbons (Fsp3) is 0.733. The summed E-state index contributed by atoms with van der Waals surface area (Å²) < 4.78 is 12.3. The van der Waals surface area contributed by atoms with E-state index in [9.17, 15) is 10.1 Å². The summed E-state index contributed by atoms with van der Waals surface area (Å²) in [7, 11) is 1.71. The van der Waals surface area contributed by atoms with Crippen LogP contribution in [0.1, 0.15) is 26.2 Å². The molecule has 1 saturated heterocycles. The molecule has 0 aromatic carbocycles. The van der Waals surface area contributed by atoms with Crippen LogP contribution in [0.2, 0.25) is 0 Å². The van der Waals surface area contributed by atoms with Gasteiger partial charge < -0.3 is 24.5 Å². The number of morpholine rings is 1. The fourth-order valence-corrected chi connectivity index (χ4v) is 2.53. The maximum absolute atomic E-state index is 11.1. The van der Waals surface area contributed by atoms with Crippen molar-refractivity contribution in [1.29, 1.82) is 0 Å². The van der Waals surface area contributed by atoms with Crippen LogP contribution in [-0.4, -0.2) is 64.7 Å². The first-order valence-corrected chi connectivity index (χ1v) is 8.27. The molecular formula is C15H25N5O4. The number of imidazole rings is 1. The number of nitro groups is 1. The van der Waals surface area contributed by atoms with E-state index in [4.69, 9.17) is 9.47 Å². The summed E-state index contributed by atoms with van der Waals surface area (Å²) >= 11 is 0. The minimum absolute atomic E-state index is 0.211. The molecule has 0 radical (unpaired) electrons. The summed E-state index contributed by atoms with van der Waals surface area (Å²) in [6.45, 7) is 6.19. The van der Waals surface area contributed by atoms with E-state index in [1.807, 2.05) is 6.92 Å². The smallest absolute Gasteiger partial charge is 0.382 e. The predicted octanol–water partition coefficient (Wildman–Crippen LogP) is 1.90. The Morgan fingerprint density at radius 2 is 2.21 bits per heavy atom. The number of rotatable bonds is 8. The van der Waals surface area contributed by atoms with Crippen molar-refractivity contribution in [3.05, 3.63) is 16.4 Å². The monoisotopic (exact) mass is 339 g/mol. The van der Waals surface area contributed by atoms with Gasteiger partial charge in [-0.2, -0.15) is 0 Å². The quantitative estimate of drug-likeness (QED) is 0.236. The van der Waals surface area contributed by atoms with Gasteiger partial charge in [0.1, 0.15) is 5.84 Å². The summed E-state index contributed by atoms with van der Waals surface area (Å²) in [6, 6.07) is 0. The number of aromatic nitrogens is 2. The van der Waals surface area contributed by atoms with E-state index in [2.05, 4.69) is 14.9 Å². The number of amidine groups is 1. The van der Waals surface area contributed by atoms with E-state index in [-0.39, 0.29) is 11.6 Å². The lowest BCUT2D eigenvalue weighted by atomic mass is 10.2.